The van der Waals surface area contributed by atoms with Crippen LogP contribution in [0.15, 0.2) is 24.3 Å². The summed E-state index contributed by atoms with van der Waals surface area (Å²) in [6, 6.07) is 6.73. The number of amides is 2. The highest BCUT2D eigenvalue weighted by Gasteiger charge is 2.35. The Labute approximate surface area is 122 Å². The quantitative estimate of drug-likeness (QED) is 0.927. The molecule has 0 radical (unpaired) electrons. The maximum atomic E-state index is 12.0. The van der Waals surface area contributed by atoms with Crippen LogP contribution >= 0.6 is 11.6 Å². The zero-order chi connectivity index (χ0) is 14.8. The molecule has 1 fully saturated rings. The van der Waals surface area contributed by atoms with Crippen LogP contribution in [-0.2, 0) is 4.74 Å². The van der Waals surface area contributed by atoms with Gasteiger partial charge >= 0.3 is 6.09 Å². The van der Waals surface area contributed by atoms with Gasteiger partial charge in [-0.05, 0) is 32.0 Å². The van der Waals surface area contributed by atoms with Crippen molar-refractivity contribution in [3.05, 3.63) is 34.9 Å². The molecule has 1 aromatic rings. The molecule has 1 aliphatic rings. The molecule has 0 aromatic heterocycles. The predicted molar refractivity (Wildman–Crippen MR) is 75.9 cm³/mol. The standard InChI is InChI=1S/C14H17ClN2O3/c1-14(2,17-6-7-20-13(17)19)9-16-12(18)10-4-3-5-11(15)8-10/h3-5,8H,6-7,9H2,1-2H3,(H,16,18). The maximum absolute atomic E-state index is 12.0. The van der Waals surface area contributed by atoms with Gasteiger partial charge in [0, 0.05) is 17.1 Å². The summed E-state index contributed by atoms with van der Waals surface area (Å²) in [6.07, 6.45) is -0.341. The van der Waals surface area contributed by atoms with Crippen molar-refractivity contribution in [1.82, 2.24) is 10.2 Å². The first-order valence-corrected chi connectivity index (χ1v) is 6.76. The molecule has 5 nitrogen and oxygen atoms in total. The summed E-state index contributed by atoms with van der Waals surface area (Å²) in [5, 5.41) is 3.33. The molecule has 6 heteroatoms. The first kappa shape index (κ1) is 14.7. The fourth-order valence-corrected chi connectivity index (χ4v) is 2.26. The van der Waals surface area contributed by atoms with Crippen molar-refractivity contribution in [3.63, 3.8) is 0 Å². The molecule has 108 valence electrons. The van der Waals surface area contributed by atoms with Crippen molar-refractivity contribution < 1.29 is 14.3 Å². The second-order valence-electron chi connectivity index (χ2n) is 5.27. The fourth-order valence-electron chi connectivity index (χ4n) is 2.07. The van der Waals surface area contributed by atoms with Gasteiger partial charge in [0.05, 0.1) is 12.1 Å². The van der Waals surface area contributed by atoms with Crippen LogP contribution in [0, 0.1) is 0 Å². The number of nitrogens with zero attached hydrogens (tertiary/aromatic N) is 1. The van der Waals surface area contributed by atoms with E-state index in [1.165, 1.54) is 0 Å². The Bertz CT molecular complexity index is 531. The van der Waals surface area contributed by atoms with E-state index in [-0.39, 0.29) is 12.0 Å². The lowest BCUT2D eigenvalue weighted by Crippen LogP contribution is -2.52. The number of rotatable bonds is 4. The maximum Gasteiger partial charge on any atom is 0.410 e. The molecule has 1 saturated heterocycles. The van der Waals surface area contributed by atoms with E-state index in [1.54, 1.807) is 29.2 Å². The van der Waals surface area contributed by atoms with Crippen molar-refractivity contribution in [1.29, 1.82) is 0 Å². The minimum Gasteiger partial charge on any atom is -0.448 e. The molecule has 1 aliphatic heterocycles. The Morgan fingerprint density at radius 2 is 2.25 bits per heavy atom. The van der Waals surface area contributed by atoms with E-state index >= 15 is 0 Å². The second-order valence-corrected chi connectivity index (χ2v) is 5.71. The summed E-state index contributed by atoms with van der Waals surface area (Å²) in [4.78, 5) is 25.2. The molecule has 0 atom stereocenters. The molecular weight excluding hydrogens is 280 g/mol. The zero-order valence-corrected chi connectivity index (χ0v) is 12.2. The van der Waals surface area contributed by atoms with E-state index in [4.69, 9.17) is 16.3 Å². The summed E-state index contributed by atoms with van der Waals surface area (Å²) in [5.74, 6) is -0.215. The van der Waals surface area contributed by atoms with E-state index in [2.05, 4.69) is 5.32 Å². The predicted octanol–water partition coefficient (Wildman–Crippen LogP) is 2.30. The first-order valence-electron chi connectivity index (χ1n) is 6.38. The largest absolute Gasteiger partial charge is 0.448 e. The van der Waals surface area contributed by atoms with Crippen molar-refractivity contribution in [3.8, 4) is 0 Å². The first-order chi connectivity index (χ1) is 9.40. The Kier molecular flexibility index (Phi) is 4.18. The third kappa shape index (κ3) is 3.22. The number of cyclic esters (lactones) is 1. The molecule has 2 rings (SSSR count). The number of halogens is 1. The normalized spacial score (nSPS) is 15.2. The van der Waals surface area contributed by atoms with Crippen molar-refractivity contribution in [2.45, 2.75) is 19.4 Å². The van der Waals surface area contributed by atoms with E-state index < -0.39 is 5.54 Å². The number of benzene rings is 1. The topological polar surface area (TPSA) is 58.6 Å². The minimum atomic E-state index is -0.498. The summed E-state index contributed by atoms with van der Waals surface area (Å²) < 4.78 is 4.92. The van der Waals surface area contributed by atoms with Crippen LogP contribution in [0.25, 0.3) is 0 Å². The highest BCUT2D eigenvalue weighted by atomic mass is 35.5. The van der Waals surface area contributed by atoms with Gasteiger partial charge < -0.3 is 10.1 Å². The second kappa shape index (κ2) is 5.71. The molecular formula is C14H17ClN2O3. The van der Waals surface area contributed by atoms with E-state index in [1.807, 2.05) is 13.8 Å². The Hall–Kier alpha value is -1.75. The highest BCUT2D eigenvalue weighted by Crippen LogP contribution is 2.19. The molecule has 2 amide bonds. The smallest absolute Gasteiger partial charge is 0.410 e. The van der Waals surface area contributed by atoms with Crippen molar-refractivity contribution in [2.24, 2.45) is 0 Å². The molecule has 1 aromatic carbocycles. The monoisotopic (exact) mass is 296 g/mol. The van der Waals surface area contributed by atoms with E-state index in [0.29, 0.717) is 30.3 Å². The van der Waals surface area contributed by atoms with Crippen LogP contribution in [0.4, 0.5) is 4.79 Å². The molecule has 20 heavy (non-hydrogen) atoms. The van der Waals surface area contributed by atoms with Crippen molar-refractivity contribution in [2.75, 3.05) is 19.7 Å². The Balaban J connectivity index is 1.97. The molecule has 1 heterocycles. The average Bonchev–Trinajstić information content (AvgIpc) is 2.83. The Morgan fingerprint density at radius 3 is 2.85 bits per heavy atom. The number of hydrogen-bond acceptors (Lipinski definition) is 3. The molecule has 0 aliphatic carbocycles. The lowest BCUT2D eigenvalue weighted by atomic mass is 10.0. The van der Waals surface area contributed by atoms with Gasteiger partial charge in [-0.15, -0.1) is 0 Å². The number of carbonyl (C=O) groups is 2. The lowest BCUT2D eigenvalue weighted by Gasteiger charge is -2.33. The molecule has 0 spiro atoms. The van der Waals surface area contributed by atoms with Crippen LogP contribution in [-0.4, -0.2) is 42.1 Å². The summed E-state index contributed by atoms with van der Waals surface area (Å²) in [7, 11) is 0. The van der Waals surface area contributed by atoms with Crippen LogP contribution < -0.4 is 5.32 Å². The number of nitrogens with one attached hydrogen (secondary N) is 1. The number of ether oxygens (including phenoxy) is 1. The lowest BCUT2D eigenvalue weighted by molar-refractivity contribution is 0.0903. The SMILES string of the molecule is CC(C)(CNC(=O)c1cccc(Cl)c1)N1CCOC1=O. The summed E-state index contributed by atoms with van der Waals surface area (Å²) >= 11 is 5.85. The average molecular weight is 297 g/mol. The number of hydrogen-bond donors (Lipinski definition) is 1. The van der Waals surface area contributed by atoms with Gasteiger partial charge in [0.15, 0.2) is 0 Å². The van der Waals surface area contributed by atoms with E-state index in [0.717, 1.165) is 0 Å². The van der Waals surface area contributed by atoms with E-state index in [9.17, 15) is 9.59 Å². The minimum absolute atomic E-state index is 0.215. The Morgan fingerprint density at radius 1 is 1.50 bits per heavy atom. The highest BCUT2D eigenvalue weighted by molar-refractivity contribution is 6.30. The van der Waals surface area contributed by atoms with Crippen LogP contribution in [0.1, 0.15) is 24.2 Å². The van der Waals surface area contributed by atoms with Gasteiger partial charge in [0.2, 0.25) is 0 Å². The van der Waals surface area contributed by atoms with Crippen molar-refractivity contribution >= 4 is 23.6 Å². The van der Waals surface area contributed by atoms with Crippen LogP contribution in [0.5, 0.6) is 0 Å². The molecule has 0 unspecified atom stereocenters. The molecule has 0 saturated carbocycles. The van der Waals surface area contributed by atoms with Gasteiger partial charge in [0.1, 0.15) is 6.61 Å². The van der Waals surface area contributed by atoms with Gasteiger partial charge in [-0.1, -0.05) is 17.7 Å². The van der Waals surface area contributed by atoms with Gasteiger partial charge in [-0.25, -0.2) is 4.79 Å². The molecule has 1 N–H and O–H groups in total. The molecule has 0 bridgehead atoms. The zero-order valence-electron chi connectivity index (χ0n) is 11.5. The van der Waals surface area contributed by atoms with Crippen LogP contribution in [0.3, 0.4) is 0 Å². The number of carbonyl (C=O) groups excluding carboxylic acids is 2. The van der Waals surface area contributed by atoms with Crippen LogP contribution in [0.2, 0.25) is 5.02 Å². The van der Waals surface area contributed by atoms with Gasteiger partial charge in [0.25, 0.3) is 5.91 Å². The van der Waals surface area contributed by atoms with Gasteiger partial charge in [-0.3, -0.25) is 9.69 Å². The summed E-state index contributed by atoms with van der Waals surface area (Å²) in [5.41, 5.74) is -0.000698. The third-order valence-electron chi connectivity index (χ3n) is 3.26. The fraction of sp³-hybridized carbons (Fsp3) is 0.429. The van der Waals surface area contributed by atoms with Gasteiger partial charge in [-0.2, -0.15) is 0 Å². The third-order valence-corrected chi connectivity index (χ3v) is 3.49. The summed E-state index contributed by atoms with van der Waals surface area (Å²) in [6.45, 7) is 5.05.